The summed E-state index contributed by atoms with van der Waals surface area (Å²) in [4.78, 5) is 28.4. The lowest BCUT2D eigenvalue weighted by Crippen LogP contribution is -2.40. The molecule has 0 aliphatic carbocycles. The maximum atomic E-state index is 12.3. The quantitative estimate of drug-likeness (QED) is 0.429. The predicted molar refractivity (Wildman–Crippen MR) is 121 cm³/mol. The minimum atomic E-state index is -3.77. The fraction of sp³-hybridized carbons (Fsp3) is 0.174. The van der Waals surface area contributed by atoms with Crippen molar-refractivity contribution in [2.24, 2.45) is 0 Å². The van der Waals surface area contributed by atoms with Crippen LogP contribution in [0.25, 0.3) is 11.1 Å². The number of rotatable bonds is 9. The van der Waals surface area contributed by atoms with Gasteiger partial charge in [-0.05, 0) is 42.3 Å². The molecule has 0 aliphatic rings. The molecule has 0 atom stereocenters. The first-order valence-electron chi connectivity index (χ1n) is 9.98. The zero-order valence-electron chi connectivity index (χ0n) is 17.5. The Morgan fingerprint density at radius 3 is 2.28 bits per heavy atom. The normalized spacial score (nSPS) is 11.0. The number of benzene rings is 2. The van der Waals surface area contributed by atoms with Gasteiger partial charge >= 0.3 is 0 Å². The molecule has 2 amide bonds. The third-order valence-electron chi connectivity index (χ3n) is 4.59. The molecule has 0 bridgehead atoms. The van der Waals surface area contributed by atoms with Gasteiger partial charge in [0.25, 0.3) is 5.91 Å². The molecule has 1 aromatic heterocycles. The number of pyridine rings is 1. The molecule has 0 saturated carbocycles. The molecule has 2 aromatic carbocycles. The molecule has 3 N–H and O–H groups in total. The van der Waals surface area contributed by atoms with E-state index in [0.29, 0.717) is 0 Å². The van der Waals surface area contributed by atoms with Gasteiger partial charge in [-0.15, -0.1) is 0 Å². The van der Waals surface area contributed by atoms with E-state index in [9.17, 15) is 18.0 Å². The number of aryl methyl sites for hydroxylation is 1. The van der Waals surface area contributed by atoms with Gasteiger partial charge in [-0.25, -0.2) is 13.1 Å². The lowest BCUT2D eigenvalue weighted by molar-refractivity contribution is -0.119. The van der Waals surface area contributed by atoms with Crippen molar-refractivity contribution in [3.8, 4) is 11.1 Å². The van der Waals surface area contributed by atoms with Gasteiger partial charge in [0, 0.05) is 19.3 Å². The molecule has 0 aliphatic heterocycles. The zero-order valence-corrected chi connectivity index (χ0v) is 18.4. The molecule has 0 spiro atoms. The number of nitrogens with one attached hydrogen (secondary N) is 3. The highest BCUT2D eigenvalue weighted by molar-refractivity contribution is 7.89. The highest BCUT2D eigenvalue weighted by atomic mass is 32.2. The molecule has 8 nitrogen and oxygen atoms in total. The zero-order chi connectivity index (χ0) is 23.0. The van der Waals surface area contributed by atoms with E-state index in [1.54, 1.807) is 24.4 Å². The van der Waals surface area contributed by atoms with E-state index in [2.05, 4.69) is 20.3 Å². The van der Waals surface area contributed by atoms with Crippen molar-refractivity contribution in [1.29, 1.82) is 0 Å². The molecular formula is C23H24N4O4S. The summed E-state index contributed by atoms with van der Waals surface area (Å²) in [5.41, 5.74) is 3.05. The second-order valence-electron chi connectivity index (χ2n) is 7.04. The predicted octanol–water partition coefficient (Wildman–Crippen LogP) is 1.88. The van der Waals surface area contributed by atoms with Crippen LogP contribution in [0.5, 0.6) is 0 Å². The van der Waals surface area contributed by atoms with Gasteiger partial charge in [-0.2, -0.15) is 0 Å². The molecule has 32 heavy (non-hydrogen) atoms. The molecule has 0 unspecified atom stereocenters. The summed E-state index contributed by atoms with van der Waals surface area (Å²) in [6.07, 6.45) is 1.57. The van der Waals surface area contributed by atoms with Crippen LogP contribution in [0.4, 0.5) is 0 Å². The number of carbonyl (C=O) groups is 2. The molecule has 9 heteroatoms. The van der Waals surface area contributed by atoms with E-state index in [1.165, 1.54) is 12.1 Å². The van der Waals surface area contributed by atoms with E-state index in [1.807, 2.05) is 43.3 Å². The number of carbonyl (C=O) groups excluding carboxylic acids is 2. The van der Waals surface area contributed by atoms with Gasteiger partial charge in [0.15, 0.2) is 0 Å². The molecule has 0 radical (unpaired) electrons. The van der Waals surface area contributed by atoms with Crippen LogP contribution in [-0.2, 0) is 14.8 Å². The summed E-state index contributed by atoms with van der Waals surface area (Å²) >= 11 is 0. The largest absolute Gasteiger partial charge is 0.353 e. The second-order valence-corrected chi connectivity index (χ2v) is 8.81. The fourth-order valence-corrected chi connectivity index (χ4v) is 3.84. The lowest BCUT2D eigenvalue weighted by atomic mass is 10.1. The summed E-state index contributed by atoms with van der Waals surface area (Å²) in [5, 5.41) is 5.24. The van der Waals surface area contributed by atoms with Crippen LogP contribution >= 0.6 is 0 Å². The Bertz CT molecular complexity index is 1180. The Morgan fingerprint density at radius 1 is 0.875 bits per heavy atom. The maximum absolute atomic E-state index is 12.3. The highest BCUT2D eigenvalue weighted by Crippen LogP contribution is 2.18. The van der Waals surface area contributed by atoms with Crippen molar-refractivity contribution in [2.75, 3.05) is 19.6 Å². The summed E-state index contributed by atoms with van der Waals surface area (Å²) in [6.45, 7) is 1.78. The van der Waals surface area contributed by atoms with Crippen LogP contribution < -0.4 is 15.4 Å². The van der Waals surface area contributed by atoms with Crippen molar-refractivity contribution < 1.29 is 18.0 Å². The first kappa shape index (κ1) is 23.1. The number of sulfonamides is 1. The van der Waals surface area contributed by atoms with Crippen molar-refractivity contribution >= 4 is 21.8 Å². The van der Waals surface area contributed by atoms with E-state index >= 15 is 0 Å². The van der Waals surface area contributed by atoms with Crippen molar-refractivity contribution in [3.05, 3.63) is 84.2 Å². The van der Waals surface area contributed by atoms with Crippen LogP contribution in [0.1, 0.15) is 16.1 Å². The molecule has 3 aromatic rings. The van der Waals surface area contributed by atoms with Gasteiger partial charge in [0.1, 0.15) is 5.69 Å². The van der Waals surface area contributed by atoms with Crippen molar-refractivity contribution in [1.82, 2.24) is 20.3 Å². The van der Waals surface area contributed by atoms with Crippen molar-refractivity contribution in [3.63, 3.8) is 0 Å². The molecule has 0 saturated heterocycles. The van der Waals surface area contributed by atoms with Gasteiger partial charge in [0.05, 0.1) is 11.4 Å². The van der Waals surface area contributed by atoms with Crippen LogP contribution in [-0.4, -0.2) is 44.9 Å². The highest BCUT2D eigenvalue weighted by Gasteiger charge is 2.15. The van der Waals surface area contributed by atoms with Gasteiger partial charge in [0.2, 0.25) is 15.9 Å². The Labute approximate surface area is 187 Å². The fourth-order valence-electron chi connectivity index (χ4n) is 2.86. The monoisotopic (exact) mass is 452 g/mol. The SMILES string of the molecule is Cc1ccc(S(=O)(=O)NCC(=O)NCCNC(=O)c2cc(-c3ccccc3)ccn2)cc1. The van der Waals surface area contributed by atoms with E-state index in [4.69, 9.17) is 0 Å². The molecule has 166 valence electrons. The van der Waals surface area contributed by atoms with Gasteiger partial charge in [-0.3, -0.25) is 14.6 Å². The van der Waals surface area contributed by atoms with Crippen LogP contribution in [0.2, 0.25) is 0 Å². The van der Waals surface area contributed by atoms with Gasteiger partial charge < -0.3 is 10.6 Å². The lowest BCUT2D eigenvalue weighted by Gasteiger charge is -2.09. The minimum Gasteiger partial charge on any atom is -0.353 e. The Morgan fingerprint density at radius 2 is 1.56 bits per heavy atom. The summed E-state index contributed by atoms with van der Waals surface area (Å²) in [7, 11) is -3.77. The number of amides is 2. The van der Waals surface area contributed by atoms with Crippen molar-refractivity contribution in [2.45, 2.75) is 11.8 Å². The maximum Gasteiger partial charge on any atom is 0.269 e. The van der Waals surface area contributed by atoms with E-state index < -0.39 is 22.5 Å². The molecular weight excluding hydrogens is 428 g/mol. The summed E-state index contributed by atoms with van der Waals surface area (Å²) in [5.74, 6) is -0.865. The average Bonchev–Trinajstić information content (AvgIpc) is 2.81. The number of aromatic nitrogens is 1. The number of hydrogen-bond donors (Lipinski definition) is 3. The van der Waals surface area contributed by atoms with Crippen LogP contribution in [0, 0.1) is 6.92 Å². The van der Waals surface area contributed by atoms with E-state index in [-0.39, 0.29) is 29.6 Å². The average molecular weight is 453 g/mol. The smallest absolute Gasteiger partial charge is 0.269 e. The Hall–Kier alpha value is -3.56. The standard InChI is InChI=1S/C23H24N4O4S/c1-17-7-9-20(10-8-17)32(30,31)27-16-22(28)25-13-14-26-23(29)21-15-19(11-12-24-21)18-5-3-2-4-6-18/h2-12,15,27H,13-14,16H2,1H3,(H,25,28)(H,26,29). The van der Waals surface area contributed by atoms with Crippen LogP contribution in [0.3, 0.4) is 0 Å². The molecule has 1 heterocycles. The van der Waals surface area contributed by atoms with Gasteiger partial charge in [-0.1, -0.05) is 48.0 Å². The number of nitrogens with zero attached hydrogens (tertiary/aromatic N) is 1. The van der Waals surface area contributed by atoms with Crippen LogP contribution in [0.15, 0.2) is 77.8 Å². The van der Waals surface area contributed by atoms with E-state index in [0.717, 1.165) is 16.7 Å². The Kier molecular flexibility index (Phi) is 7.69. The third kappa shape index (κ3) is 6.47. The topological polar surface area (TPSA) is 117 Å². The Balaban J connectivity index is 1.42. The minimum absolute atomic E-state index is 0.0911. The first-order chi connectivity index (χ1) is 15.3. The third-order valence-corrected chi connectivity index (χ3v) is 6.00. The molecule has 0 fully saturated rings. The molecule has 3 rings (SSSR count). The summed E-state index contributed by atoms with van der Waals surface area (Å²) < 4.78 is 26.7. The first-order valence-corrected chi connectivity index (χ1v) is 11.5. The summed E-state index contributed by atoms with van der Waals surface area (Å²) in [6, 6.07) is 19.5. The second kappa shape index (κ2) is 10.7. The number of hydrogen-bond acceptors (Lipinski definition) is 5.